The maximum Gasteiger partial charge on any atom is 0.328 e. The van der Waals surface area contributed by atoms with Gasteiger partial charge >= 0.3 is 12.0 Å². The molecular weight excluding hydrogens is 268 g/mol. The van der Waals surface area contributed by atoms with E-state index in [9.17, 15) is 9.59 Å². The van der Waals surface area contributed by atoms with E-state index >= 15 is 0 Å². The molecule has 0 heterocycles. The quantitative estimate of drug-likeness (QED) is 0.767. The molecule has 21 heavy (non-hydrogen) atoms. The van der Waals surface area contributed by atoms with Crippen LogP contribution in [0.25, 0.3) is 0 Å². The van der Waals surface area contributed by atoms with E-state index in [4.69, 9.17) is 4.74 Å². The first-order valence-corrected chi connectivity index (χ1v) is 8.23. The standard InChI is InChI=1S/C16H30N2O3/c1-4-12(2)14(15(19)21-3)18-16(20)17-13-10-8-6-5-7-9-11-13/h12-14H,4-11H2,1-3H3,(H2,17,18,20). The van der Waals surface area contributed by atoms with Gasteiger partial charge in [-0.05, 0) is 18.8 Å². The molecule has 1 saturated carbocycles. The predicted molar refractivity (Wildman–Crippen MR) is 83.0 cm³/mol. The number of carbonyl (C=O) groups excluding carboxylic acids is 2. The van der Waals surface area contributed by atoms with Crippen LogP contribution in [0.5, 0.6) is 0 Å². The van der Waals surface area contributed by atoms with Crippen molar-refractivity contribution in [1.82, 2.24) is 10.6 Å². The van der Waals surface area contributed by atoms with Crippen LogP contribution >= 0.6 is 0 Å². The molecule has 0 spiro atoms. The zero-order valence-electron chi connectivity index (χ0n) is 13.6. The Kier molecular flexibility index (Phi) is 8.16. The second-order valence-electron chi connectivity index (χ2n) is 6.05. The molecule has 1 aliphatic rings. The first kappa shape index (κ1) is 17.8. The maximum atomic E-state index is 12.1. The van der Waals surface area contributed by atoms with Gasteiger partial charge in [-0.25, -0.2) is 9.59 Å². The fourth-order valence-electron chi connectivity index (χ4n) is 2.76. The molecule has 0 bridgehead atoms. The summed E-state index contributed by atoms with van der Waals surface area (Å²) in [5.74, 6) is -0.322. The minimum atomic E-state index is -0.575. The lowest BCUT2D eigenvalue weighted by atomic mass is 9.97. The lowest BCUT2D eigenvalue weighted by molar-refractivity contribution is -0.144. The monoisotopic (exact) mass is 298 g/mol. The normalized spacial score (nSPS) is 19.8. The second kappa shape index (κ2) is 9.64. The van der Waals surface area contributed by atoms with Crippen LogP contribution in [0, 0.1) is 5.92 Å². The third kappa shape index (κ3) is 6.36. The third-order valence-electron chi connectivity index (χ3n) is 4.40. The zero-order valence-corrected chi connectivity index (χ0v) is 13.6. The second-order valence-corrected chi connectivity index (χ2v) is 6.05. The number of amides is 2. The summed E-state index contributed by atoms with van der Waals surface area (Å²) in [6, 6.07) is -0.606. The van der Waals surface area contributed by atoms with Crippen LogP contribution in [-0.2, 0) is 9.53 Å². The van der Waals surface area contributed by atoms with E-state index in [2.05, 4.69) is 10.6 Å². The molecule has 2 amide bonds. The predicted octanol–water partition coefficient (Wildman–Crippen LogP) is 2.99. The Morgan fingerprint density at radius 3 is 2.24 bits per heavy atom. The van der Waals surface area contributed by atoms with Gasteiger partial charge in [0.15, 0.2) is 0 Å². The van der Waals surface area contributed by atoms with Crippen LogP contribution in [-0.4, -0.2) is 31.2 Å². The number of hydrogen-bond acceptors (Lipinski definition) is 3. The van der Waals surface area contributed by atoms with Crippen molar-refractivity contribution in [2.45, 2.75) is 77.3 Å². The minimum absolute atomic E-state index is 0.0560. The molecule has 122 valence electrons. The number of urea groups is 1. The fraction of sp³-hybridized carbons (Fsp3) is 0.875. The van der Waals surface area contributed by atoms with Crippen molar-refractivity contribution in [3.05, 3.63) is 0 Å². The molecule has 5 nitrogen and oxygen atoms in total. The molecule has 0 aliphatic heterocycles. The largest absolute Gasteiger partial charge is 0.467 e. The van der Waals surface area contributed by atoms with Crippen molar-refractivity contribution < 1.29 is 14.3 Å². The number of hydrogen-bond donors (Lipinski definition) is 2. The van der Waals surface area contributed by atoms with E-state index in [0.717, 1.165) is 32.1 Å². The van der Waals surface area contributed by atoms with Gasteiger partial charge in [0.25, 0.3) is 0 Å². The lowest BCUT2D eigenvalue weighted by Crippen LogP contribution is -2.51. The maximum absolute atomic E-state index is 12.1. The summed E-state index contributed by atoms with van der Waals surface area (Å²) < 4.78 is 4.78. The molecule has 1 fully saturated rings. The molecular formula is C16H30N2O3. The summed E-state index contributed by atoms with van der Waals surface area (Å²) in [7, 11) is 1.35. The van der Waals surface area contributed by atoms with Gasteiger partial charge in [-0.3, -0.25) is 0 Å². The van der Waals surface area contributed by atoms with Crippen LogP contribution < -0.4 is 10.6 Å². The van der Waals surface area contributed by atoms with E-state index in [-0.39, 0.29) is 24.0 Å². The zero-order chi connectivity index (χ0) is 15.7. The smallest absolute Gasteiger partial charge is 0.328 e. The number of rotatable bonds is 5. The Hall–Kier alpha value is -1.26. The van der Waals surface area contributed by atoms with Crippen LogP contribution in [0.3, 0.4) is 0 Å². The number of ether oxygens (including phenoxy) is 1. The van der Waals surface area contributed by atoms with Gasteiger partial charge in [-0.2, -0.15) is 0 Å². The molecule has 0 radical (unpaired) electrons. The molecule has 0 saturated heterocycles. The number of esters is 1. The van der Waals surface area contributed by atoms with Crippen molar-refractivity contribution in [3.63, 3.8) is 0 Å². The average molecular weight is 298 g/mol. The van der Waals surface area contributed by atoms with Gasteiger partial charge in [-0.1, -0.05) is 52.4 Å². The highest BCUT2D eigenvalue weighted by molar-refractivity contribution is 5.83. The van der Waals surface area contributed by atoms with Gasteiger partial charge in [0.1, 0.15) is 6.04 Å². The highest BCUT2D eigenvalue weighted by atomic mass is 16.5. The Morgan fingerprint density at radius 1 is 1.14 bits per heavy atom. The highest BCUT2D eigenvalue weighted by Crippen LogP contribution is 2.17. The molecule has 2 atom stereocenters. The molecule has 1 rings (SSSR count). The average Bonchev–Trinajstić information content (AvgIpc) is 2.45. The molecule has 2 unspecified atom stereocenters. The summed E-state index contributed by atoms with van der Waals surface area (Å²) >= 11 is 0. The fourth-order valence-corrected chi connectivity index (χ4v) is 2.76. The van der Waals surface area contributed by atoms with Crippen LogP contribution in [0.4, 0.5) is 4.79 Å². The van der Waals surface area contributed by atoms with Gasteiger partial charge in [-0.15, -0.1) is 0 Å². The van der Waals surface area contributed by atoms with Gasteiger partial charge in [0.2, 0.25) is 0 Å². The SMILES string of the molecule is CCC(C)C(NC(=O)NC1CCCCCCC1)C(=O)OC. The van der Waals surface area contributed by atoms with Crippen molar-refractivity contribution >= 4 is 12.0 Å². The first-order chi connectivity index (χ1) is 10.1. The summed E-state index contributed by atoms with van der Waals surface area (Å²) in [5.41, 5.74) is 0. The van der Waals surface area contributed by atoms with Crippen LogP contribution in [0.15, 0.2) is 0 Å². The topological polar surface area (TPSA) is 67.4 Å². The van der Waals surface area contributed by atoms with E-state index < -0.39 is 6.04 Å². The van der Waals surface area contributed by atoms with Gasteiger partial charge in [0, 0.05) is 6.04 Å². The van der Waals surface area contributed by atoms with Crippen molar-refractivity contribution in [2.24, 2.45) is 5.92 Å². The summed E-state index contributed by atoms with van der Waals surface area (Å²) in [6.45, 7) is 3.94. The molecule has 0 aromatic rings. The third-order valence-corrected chi connectivity index (χ3v) is 4.40. The number of carbonyl (C=O) groups is 2. The molecule has 5 heteroatoms. The Labute approximate surface area is 128 Å². The van der Waals surface area contributed by atoms with Crippen LogP contribution in [0.1, 0.15) is 65.2 Å². The molecule has 1 aliphatic carbocycles. The lowest BCUT2D eigenvalue weighted by Gasteiger charge is -2.25. The van der Waals surface area contributed by atoms with Crippen molar-refractivity contribution in [2.75, 3.05) is 7.11 Å². The number of nitrogens with one attached hydrogen (secondary N) is 2. The summed E-state index contributed by atoms with van der Waals surface area (Å²) in [6.07, 6.45) is 8.99. The van der Waals surface area contributed by atoms with Crippen molar-refractivity contribution in [3.8, 4) is 0 Å². The van der Waals surface area contributed by atoms with Crippen molar-refractivity contribution in [1.29, 1.82) is 0 Å². The Bertz CT molecular complexity index is 325. The van der Waals surface area contributed by atoms with Crippen LogP contribution in [0.2, 0.25) is 0 Å². The van der Waals surface area contributed by atoms with E-state index in [1.54, 1.807) is 0 Å². The summed E-state index contributed by atoms with van der Waals surface area (Å²) in [4.78, 5) is 23.9. The van der Waals surface area contributed by atoms with Gasteiger partial charge < -0.3 is 15.4 Å². The minimum Gasteiger partial charge on any atom is -0.467 e. The molecule has 0 aromatic carbocycles. The van der Waals surface area contributed by atoms with E-state index in [1.165, 1.54) is 26.4 Å². The van der Waals surface area contributed by atoms with E-state index in [0.29, 0.717) is 0 Å². The Balaban J connectivity index is 2.50. The highest BCUT2D eigenvalue weighted by Gasteiger charge is 2.27. The molecule has 2 N–H and O–H groups in total. The van der Waals surface area contributed by atoms with E-state index in [1.807, 2.05) is 13.8 Å². The Morgan fingerprint density at radius 2 is 1.71 bits per heavy atom. The van der Waals surface area contributed by atoms with Gasteiger partial charge in [0.05, 0.1) is 7.11 Å². The molecule has 0 aromatic heterocycles. The number of methoxy groups -OCH3 is 1. The summed E-state index contributed by atoms with van der Waals surface area (Å²) in [5, 5.41) is 5.79. The first-order valence-electron chi connectivity index (χ1n) is 8.23.